The molecule has 5 rings (SSSR count). The number of rotatable bonds is 13. The van der Waals surface area contributed by atoms with Crippen molar-refractivity contribution in [2.45, 2.75) is 50.9 Å². The Hall–Kier alpha value is -4.91. The number of nitro groups is 1. The fourth-order valence-corrected chi connectivity index (χ4v) is 6.13. The van der Waals surface area contributed by atoms with E-state index in [2.05, 4.69) is 10.6 Å². The smallest absolute Gasteiger partial charge is 0.269 e. The number of non-ortho nitro benzene ring substituents is 1. The minimum atomic E-state index is -2.14. The predicted octanol–water partition coefficient (Wildman–Crippen LogP) is 3.62. The van der Waals surface area contributed by atoms with Gasteiger partial charge in [0.15, 0.2) is 5.60 Å². The summed E-state index contributed by atoms with van der Waals surface area (Å²) in [5, 5.41) is 39.3. The van der Waals surface area contributed by atoms with E-state index in [-0.39, 0.29) is 55.2 Å². The summed E-state index contributed by atoms with van der Waals surface area (Å²) in [4.78, 5) is 53.7. The summed E-state index contributed by atoms with van der Waals surface area (Å²) >= 11 is 0. The lowest BCUT2D eigenvalue weighted by atomic mass is 9.82. The van der Waals surface area contributed by atoms with Crippen molar-refractivity contribution in [1.82, 2.24) is 10.2 Å². The van der Waals surface area contributed by atoms with Gasteiger partial charge in [-0.25, -0.2) is 0 Å². The molecule has 0 aromatic heterocycles. The Morgan fingerprint density at radius 1 is 1.15 bits per heavy atom. The van der Waals surface area contributed by atoms with Crippen LogP contribution in [-0.2, 0) is 33.1 Å². The number of nitrogens with one attached hydrogen (secondary N) is 2. The number of carbonyl (C=O) groups is 3. The third kappa shape index (κ3) is 7.40. The Bertz CT molecular complexity index is 1660. The summed E-state index contributed by atoms with van der Waals surface area (Å²) < 4.78 is 0. The fraction of sp³-hybridized carbons (Fsp3) is 0.343. The molecule has 12 heteroatoms. The van der Waals surface area contributed by atoms with Crippen LogP contribution in [0, 0.1) is 16.0 Å². The summed E-state index contributed by atoms with van der Waals surface area (Å²) in [6.45, 7) is 2.71. The van der Waals surface area contributed by atoms with Crippen LogP contribution < -0.4 is 15.5 Å². The molecule has 0 radical (unpaired) electrons. The van der Waals surface area contributed by atoms with Crippen molar-refractivity contribution >= 4 is 34.8 Å². The van der Waals surface area contributed by atoms with Crippen molar-refractivity contribution in [1.29, 1.82) is 0 Å². The van der Waals surface area contributed by atoms with E-state index in [0.717, 1.165) is 24.9 Å². The monoisotopic (exact) mass is 641 g/mol. The molecule has 0 saturated carbocycles. The SMILES string of the molecule is C[C@@H](/C=C/CC(=O)N(CCO)Cc1ccccc1)[C@]1(O)C(=O)N(Cc2cccc(NC(=O)[C@H]3CCCN3)c2)c2ccc([N+](=O)[O-])cc21. The van der Waals surface area contributed by atoms with Crippen LogP contribution in [0.5, 0.6) is 0 Å². The number of hydrogen-bond donors (Lipinski definition) is 4. The van der Waals surface area contributed by atoms with Gasteiger partial charge in [-0.2, -0.15) is 0 Å². The maximum Gasteiger partial charge on any atom is 0.269 e. The first kappa shape index (κ1) is 33.5. The lowest BCUT2D eigenvalue weighted by Gasteiger charge is -2.28. The van der Waals surface area contributed by atoms with Gasteiger partial charge >= 0.3 is 0 Å². The Labute approximate surface area is 272 Å². The molecule has 1 saturated heterocycles. The zero-order valence-corrected chi connectivity index (χ0v) is 26.2. The Morgan fingerprint density at radius 2 is 1.91 bits per heavy atom. The molecule has 2 aliphatic rings. The van der Waals surface area contributed by atoms with Gasteiger partial charge in [-0.3, -0.25) is 24.5 Å². The van der Waals surface area contributed by atoms with Crippen LogP contribution >= 0.6 is 0 Å². The van der Waals surface area contributed by atoms with E-state index < -0.39 is 22.3 Å². The summed E-state index contributed by atoms with van der Waals surface area (Å²) in [5.41, 5.74) is 0.179. The third-order valence-corrected chi connectivity index (χ3v) is 8.69. The van der Waals surface area contributed by atoms with Crippen LogP contribution in [0.15, 0.2) is 84.9 Å². The second-order valence-corrected chi connectivity index (χ2v) is 11.9. The molecule has 47 heavy (non-hydrogen) atoms. The molecule has 0 spiro atoms. The van der Waals surface area contributed by atoms with Gasteiger partial charge in [-0.1, -0.05) is 61.5 Å². The molecular weight excluding hydrogens is 602 g/mol. The molecule has 12 nitrogen and oxygen atoms in total. The van der Waals surface area contributed by atoms with Crippen molar-refractivity contribution in [3.05, 3.63) is 112 Å². The van der Waals surface area contributed by atoms with E-state index in [1.54, 1.807) is 43.3 Å². The van der Waals surface area contributed by atoms with Gasteiger partial charge in [0.1, 0.15) is 0 Å². The summed E-state index contributed by atoms with van der Waals surface area (Å²) in [6.07, 6.45) is 4.77. The number of nitrogens with zero attached hydrogens (tertiary/aromatic N) is 3. The first-order valence-corrected chi connectivity index (χ1v) is 15.7. The second kappa shape index (κ2) is 14.7. The minimum absolute atomic E-state index is 0.0398. The number of hydrogen-bond acceptors (Lipinski definition) is 8. The highest BCUT2D eigenvalue weighted by Crippen LogP contribution is 2.47. The topological polar surface area (TPSA) is 165 Å². The average molecular weight is 642 g/mol. The maximum absolute atomic E-state index is 14.0. The van der Waals surface area contributed by atoms with Crippen LogP contribution in [0.1, 0.15) is 42.9 Å². The highest BCUT2D eigenvalue weighted by Gasteiger charge is 2.53. The highest BCUT2D eigenvalue weighted by atomic mass is 16.6. The normalized spacial score (nSPS) is 19.5. The summed E-state index contributed by atoms with van der Waals surface area (Å²) in [6, 6.07) is 20.2. The maximum atomic E-state index is 14.0. The molecule has 3 amide bonds. The Kier molecular flexibility index (Phi) is 10.4. The molecule has 246 valence electrons. The van der Waals surface area contributed by atoms with E-state index in [4.69, 9.17) is 0 Å². The molecular formula is C35H39N5O7. The van der Waals surface area contributed by atoms with Gasteiger partial charge < -0.3 is 30.6 Å². The molecule has 0 unspecified atom stereocenters. The summed E-state index contributed by atoms with van der Waals surface area (Å²) in [5.74, 6) is -1.91. The molecule has 3 aromatic carbocycles. The molecule has 1 fully saturated rings. The van der Waals surface area contributed by atoms with Crippen molar-refractivity contribution in [3.63, 3.8) is 0 Å². The number of anilines is 2. The number of nitro benzene ring substituents is 1. The van der Waals surface area contributed by atoms with Crippen LogP contribution in [0.2, 0.25) is 0 Å². The van der Waals surface area contributed by atoms with Crippen LogP contribution in [0.4, 0.5) is 17.1 Å². The molecule has 2 aliphatic heterocycles. The number of benzene rings is 3. The number of aliphatic hydroxyl groups excluding tert-OH is 1. The van der Waals surface area contributed by atoms with E-state index >= 15 is 0 Å². The van der Waals surface area contributed by atoms with Gasteiger partial charge in [0.2, 0.25) is 11.8 Å². The highest BCUT2D eigenvalue weighted by molar-refractivity contribution is 6.07. The second-order valence-electron chi connectivity index (χ2n) is 11.9. The summed E-state index contributed by atoms with van der Waals surface area (Å²) in [7, 11) is 0. The number of carbonyl (C=O) groups excluding carboxylic acids is 3. The quantitative estimate of drug-likeness (QED) is 0.125. The predicted molar refractivity (Wildman–Crippen MR) is 176 cm³/mol. The van der Waals surface area contributed by atoms with Gasteiger partial charge in [0.25, 0.3) is 11.6 Å². The van der Waals surface area contributed by atoms with E-state index in [1.807, 2.05) is 30.3 Å². The number of fused-ring (bicyclic) bond motifs is 1. The minimum Gasteiger partial charge on any atom is -0.395 e. The molecule has 3 aromatic rings. The first-order valence-electron chi connectivity index (χ1n) is 15.7. The fourth-order valence-electron chi connectivity index (χ4n) is 6.13. The number of aliphatic hydroxyl groups is 2. The van der Waals surface area contributed by atoms with Crippen LogP contribution in [0.25, 0.3) is 0 Å². The molecule has 0 aliphatic carbocycles. The van der Waals surface area contributed by atoms with Crippen molar-refractivity contribution < 1.29 is 29.5 Å². The van der Waals surface area contributed by atoms with E-state index in [0.29, 0.717) is 23.5 Å². The molecule has 3 atom stereocenters. The number of amides is 3. The molecule has 4 N–H and O–H groups in total. The van der Waals surface area contributed by atoms with Crippen LogP contribution in [0.3, 0.4) is 0 Å². The zero-order chi connectivity index (χ0) is 33.6. The molecule has 0 bridgehead atoms. The van der Waals surface area contributed by atoms with Crippen molar-refractivity contribution in [2.75, 3.05) is 29.9 Å². The lowest BCUT2D eigenvalue weighted by molar-refractivity contribution is -0.385. The Morgan fingerprint density at radius 3 is 2.62 bits per heavy atom. The van der Waals surface area contributed by atoms with Gasteiger partial charge in [-0.05, 0) is 48.7 Å². The van der Waals surface area contributed by atoms with Crippen molar-refractivity contribution in [3.8, 4) is 0 Å². The first-order chi connectivity index (χ1) is 22.6. The van der Waals surface area contributed by atoms with Gasteiger partial charge in [-0.15, -0.1) is 0 Å². The standard InChI is InChI=1S/C35H39N5O7/c1-24(8-5-14-32(42)38(18-19-41)22-25-9-3-2-4-10-25)35(45)29-21-28(40(46)47)15-16-31(29)39(34(35)44)23-26-11-6-12-27(20-26)37-33(43)30-13-7-17-36-30/h2-6,8-12,15-16,20-21,24,30,36,41,45H,7,13-14,17-19,22-23H2,1H3,(H,37,43)/b8-5+/t24-,30+,35+/m0/s1. The van der Waals surface area contributed by atoms with Crippen molar-refractivity contribution in [2.24, 2.45) is 5.92 Å². The van der Waals surface area contributed by atoms with Crippen LogP contribution in [-0.4, -0.2) is 63.5 Å². The average Bonchev–Trinajstić information content (AvgIpc) is 3.68. The molecule has 2 heterocycles. The zero-order valence-electron chi connectivity index (χ0n) is 26.2. The van der Waals surface area contributed by atoms with E-state index in [1.165, 1.54) is 28.0 Å². The largest absolute Gasteiger partial charge is 0.395 e. The van der Waals surface area contributed by atoms with E-state index in [9.17, 15) is 34.7 Å². The Balaban J connectivity index is 1.35. The third-order valence-electron chi connectivity index (χ3n) is 8.69. The van der Waals surface area contributed by atoms with Gasteiger partial charge in [0.05, 0.1) is 29.8 Å². The van der Waals surface area contributed by atoms with Gasteiger partial charge in [0, 0.05) is 48.8 Å². The lowest BCUT2D eigenvalue weighted by Crippen LogP contribution is -2.44.